The van der Waals surface area contributed by atoms with Gasteiger partial charge >= 0.3 is 0 Å². The number of fused-ring (bicyclic) bond motifs is 1. The standard InChI is InChI=1S/C15H24N2O2/c1-15(2)7-13(16)12-3-4-17(14(12)8-15)9-11-10-18-5-6-19-11/h3-4,11,13H,5-10,16H2,1-2H3. The van der Waals surface area contributed by atoms with Crippen LogP contribution in [0.15, 0.2) is 12.3 Å². The van der Waals surface area contributed by atoms with E-state index in [0.717, 1.165) is 26.0 Å². The Balaban J connectivity index is 1.80. The molecule has 1 aliphatic heterocycles. The summed E-state index contributed by atoms with van der Waals surface area (Å²) >= 11 is 0. The van der Waals surface area contributed by atoms with Gasteiger partial charge in [-0.25, -0.2) is 0 Å². The summed E-state index contributed by atoms with van der Waals surface area (Å²) in [5, 5.41) is 0. The molecule has 0 aromatic carbocycles. The second-order valence-corrected chi connectivity index (χ2v) is 6.59. The maximum Gasteiger partial charge on any atom is 0.0987 e. The quantitative estimate of drug-likeness (QED) is 0.887. The maximum absolute atomic E-state index is 6.30. The molecule has 1 fully saturated rings. The fraction of sp³-hybridized carbons (Fsp3) is 0.733. The molecule has 4 heteroatoms. The lowest BCUT2D eigenvalue weighted by Crippen LogP contribution is -2.34. The monoisotopic (exact) mass is 264 g/mol. The molecule has 19 heavy (non-hydrogen) atoms. The van der Waals surface area contributed by atoms with E-state index in [1.807, 2.05) is 0 Å². The molecule has 4 nitrogen and oxygen atoms in total. The van der Waals surface area contributed by atoms with Crippen molar-refractivity contribution >= 4 is 0 Å². The molecule has 1 aromatic rings. The predicted octanol–water partition coefficient (Wildman–Crippen LogP) is 1.88. The van der Waals surface area contributed by atoms with E-state index in [-0.39, 0.29) is 17.6 Å². The first kappa shape index (κ1) is 13.2. The van der Waals surface area contributed by atoms with Crippen LogP contribution < -0.4 is 5.73 Å². The molecule has 0 spiro atoms. The summed E-state index contributed by atoms with van der Waals surface area (Å²) < 4.78 is 13.5. The van der Waals surface area contributed by atoms with Gasteiger partial charge in [-0.2, -0.15) is 0 Å². The van der Waals surface area contributed by atoms with Crippen LogP contribution in [0.25, 0.3) is 0 Å². The number of rotatable bonds is 2. The molecule has 0 bridgehead atoms. The Morgan fingerprint density at radius 3 is 3.00 bits per heavy atom. The lowest BCUT2D eigenvalue weighted by molar-refractivity contribution is -0.0938. The SMILES string of the molecule is CC1(C)Cc2c(ccn2CC2COCCO2)C(N)C1. The minimum absolute atomic E-state index is 0.170. The molecule has 2 unspecified atom stereocenters. The average Bonchev–Trinajstić information content (AvgIpc) is 2.72. The normalized spacial score (nSPS) is 30.1. The zero-order chi connectivity index (χ0) is 13.5. The first-order valence-corrected chi connectivity index (χ1v) is 7.18. The number of nitrogens with two attached hydrogens (primary N) is 1. The highest BCUT2D eigenvalue weighted by molar-refractivity contribution is 5.30. The van der Waals surface area contributed by atoms with Crippen LogP contribution in [0.5, 0.6) is 0 Å². The molecule has 106 valence electrons. The predicted molar refractivity (Wildman–Crippen MR) is 74.0 cm³/mol. The summed E-state index contributed by atoms with van der Waals surface area (Å²) in [5.41, 5.74) is 9.29. The second kappa shape index (κ2) is 4.93. The Morgan fingerprint density at radius 1 is 1.42 bits per heavy atom. The van der Waals surface area contributed by atoms with Crippen LogP contribution in [-0.4, -0.2) is 30.5 Å². The Labute approximate surface area is 114 Å². The highest BCUT2D eigenvalue weighted by Crippen LogP contribution is 2.40. The molecule has 0 amide bonds. The van der Waals surface area contributed by atoms with E-state index in [0.29, 0.717) is 13.2 Å². The number of hydrogen-bond donors (Lipinski definition) is 1. The van der Waals surface area contributed by atoms with Crippen LogP contribution in [0.3, 0.4) is 0 Å². The maximum atomic E-state index is 6.30. The molecule has 1 saturated heterocycles. The molecule has 2 atom stereocenters. The van der Waals surface area contributed by atoms with Gasteiger partial charge in [-0.05, 0) is 29.9 Å². The minimum atomic E-state index is 0.170. The van der Waals surface area contributed by atoms with Gasteiger partial charge in [0.2, 0.25) is 0 Å². The molecule has 0 radical (unpaired) electrons. The summed E-state index contributed by atoms with van der Waals surface area (Å²) in [5.74, 6) is 0. The molecule has 0 saturated carbocycles. The van der Waals surface area contributed by atoms with Gasteiger partial charge in [0.15, 0.2) is 0 Å². The molecule has 2 N–H and O–H groups in total. The number of hydrogen-bond acceptors (Lipinski definition) is 3. The van der Waals surface area contributed by atoms with Crippen molar-refractivity contribution in [2.24, 2.45) is 11.1 Å². The van der Waals surface area contributed by atoms with Gasteiger partial charge in [0, 0.05) is 17.9 Å². The first-order valence-electron chi connectivity index (χ1n) is 7.18. The minimum Gasteiger partial charge on any atom is -0.376 e. The smallest absolute Gasteiger partial charge is 0.0987 e. The van der Waals surface area contributed by atoms with Crippen molar-refractivity contribution in [2.45, 2.75) is 45.4 Å². The Hall–Kier alpha value is -0.840. The van der Waals surface area contributed by atoms with E-state index in [2.05, 4.69) is 30.7 Å². The van der Waals surface area contributed by atoms with Crippen molar-refractivity contribution < 1.29 is 9.47 Å². The Kier molecular flexibility index (Phi) is 3.41. The van der Waals surface area contributed by atoms with Gasteiger partial charge in [-0.15, -0.1) is 0 Å². The zero-order valence-electron chi connectivity index (χ0n) is 11.9. The third-order valence-electron chi connectivity index (χ3n) is 4.22. The highest BCUT2D eigenvalue weighted by Gasteiger charge is 2.32. The first-order chi connectivity index (χ1) is 9.05. The van der Waals surface area contributed by atoms with Crippen molar-refractivity contribution in [3.05, 3.63) is 23.5 Å². The van der Waals surface area contributed by atoms with Gasteiger partial charge in [0.05, 0.1) is 32.5 Å². The summed E-state index contributed by atoms with van der Waals surface area (Å²) in [7, 11) is 0. The molecule has 1 aromatic heterocycles. The van der Waals surface area contributed by atoms with Crippen LogP contribution in [0.2, 0.25) is 0 Å². The summed E-state index contributed by atoms with van der Waals surface area (Å²) in [6, 6.07) is 2.35. The zero-order valence-corrected chi connectivity index (χ0v) is 11.9. The van der Waals surface area contributed by atoms with Crippen molar-refractivity contribution in [1.29, 1.82) is 0 Å². The van der Waals surface area contributed by atoms with Gasteiger partial charge in [-0.1, -0.05) is 13.8 Å². The molecule has 1 aliphatic carbocycles. The number of nitrogens with zero attached hydrogens (tertiary/aromatic N) is 1. The Bertz CT molecular complexity index is 447. The number of aromatic nitrogens is 1. The summed E-state index contributed by atoms with van der Waals surface area (Å²) in [6.07, 6.45) is 4.49. The lowest BCUT2D eigenvalue weighted by atomic mass is 9.74. The fourth-order valence-corrected chi connectivity index (χ4v) is 3.33. The van der Waals surface area contributed by atoms with Gasteiger partial charge < -0.3 is 19.8 Å². The van der Waals surface area contributed by atoms with Crippen molar-refractivity contribution in [2.75, 3.05) is 19.8 Å². The number of ether oxygens (including phenoxy) is 2. The van der Waals surface area contributed by atoms with Gasteiger partial charge in [-0.3, -0.25) is 0 Å². The van der Waals surface area contributed by atoms with E-state index >= 15 is 0 Å². The molecule has 2 aliphatic rings. The van der Waals surface area contributed by atoms with Crippen LogP contribution in [0.1, 0.15) is 37.6 Å². The topological polar surface area (TPSA) is 49.4 Å². The molecular formula is C15H24N2O2. The average molecular weight is 264 g/mol. The van der Waals surface area contributed by atoms with Crippen LogP contribution >= 0.6 is 0 Å². The molecule has 3 rings (SSSR count). The van der Waals surface area contributed by atoms with Crippen LogP contribution in [0, 0.1) is 5.41 Å². The van der Waals surface area contributed by atoms with E-state index in [9.17, 15) is 0 Å². The third-order valence-corrected chi connectivity index (χ3v) is 4.22. The van der Waals surface area contributed by atoms with E-state index in [4.69, 9.17) is 15.2 Å². The fourth-order valence-electron chi connectivity index (χ4n) is 3.33. The van der Waals surface area contributed by atoms with Gasteiger partial charge in [0.1, 0.15) is 0 Å². The van der Waals surface area contributed by atoms with Crippen molar-refractivity contribution in [3.63, 3.8) is 0 Å². The van der Waals surface area contributed by atoms with E-state index < -0.39 is 0 Å². The largest absolute Gasteiger partial charge is 0.376 e. The summed E-state index contributed by atoms with van der Waals surface area (Å²) in [4.78, 5) is 0. The summed E-state index contributed by atoms with van der Waals surface area (Å²) in [6.45, 7) is 7.60. The van der Waals surface area contributed by atoms with Crippen LogP contribution in [0.4, 0.5) is 0 Å². The van der Waals surface area contributed by atoms with Crippen molar-refractivity contribution in [3.8, 4) is 0 Å². The second-order valence-electron chi connectivity index (χ2n) is 6.59. The third kappa shape index (κ3) is 2.71. The molecule has 2 heterocycles. The molecular weight excluding hydrogens is 240 g/mol. The van der Waals surface area contributed by atoms with Gasteiger partial charge in [0.25, 0.3) is 0 Å². The van der Waals surface area contributed by atoms with Crippen molar-refractivity contribution in [1.82, 2.24) is 4.57 Å². The lowest BCUT2D eigenvalue weighted by Gasteiger charge is -2.35. The highest BCUT2D eigenvalue weighted by atomic mass is 16.6. The Morgan fingerprint density at radius 2 is 2.26 bits per heavy atom. The van der Waals surface area contributed by atoms with Crippen LogP contribution in [-0.2, 0) is 22.4 Å². The van der Waals surface area contributed by atoms with E-state index in [1.165, 1.54) is 11.3 Å². The van der Waals surface area contributed by atoms with E-state index in [1.54, 1.807) is 0 Å².